The van der Waals surface area contributed by atoms with Crippen molar-refractivity contribution in [3.8, 4) is 0 Å². The van der Waals surface area contributed by atoms with Crippen LogP contribution in [0.4, 0.5) is 16.5 Å². The van der Waals surface area contributed by atoms with Gasteiger partial charge in [-0.25, -0.2) is 9.78 Å². The molecule has 0 atom stereocenters. The van der Waals surface area contributed by atoms with Gasteiger partial charge in [-0.1, -0.05) is 41.7 Å². The average molecular weight is 499 g/mol. The van der Waals surface area contributed by atoms with Crippen LogP contribution in [-0.4, -0.2) is 48.7 Å². The topological polar surface area (TPSA) is 124 Å². The van der Waals surface area contributed by atoms with Gasteiger partial charge in [-0.3, -0.25) is 19.8 Å². The quantitative estimate of drug-likeness (QED) is 0.178. The van der Waals surface area contributed by atoms with Crippen molar-refractivity contribution < 1.29 is 24.0 Å². The Morgan fingerprint density at radius 2 is 1.94 bits per heavy atom. The van der Waals surface area contributed by atoms with Gasteiger partial charge in [0.05, 0.1) is 30.4 Å². The van der Waals surface area contributed by atoms with Crippen LogP contribution < -0.4 is 10.2 Å². The normalized spacial score (nSPS) is 10.6. The van der Waals surface area contributed by atoms with E-state index in [-0.39, 0.29) is 30.1 Å². The lowest BCUT2D eigenvalue weighted by atomic mass is 10.1. The van der Waals surface area contributed by atoms with Gasteiger partial charge in [0, 0.05) is 25.3 Å². The summed E-state index contributed by atoms with van der Waals surface area (Å²) < 4.78 is 10.1. The van der Waals surface area contributed by atoms with E-state index >= 15 is 0 Å². The number of aromatic nitrogens is 1. The van der Waals surface area contributed by atoms with Crippen LogP contribution in [0.1, 0.15) is 38.2 Å². The first-order valence-corrected chi connectivity index (χ1v) is 11.7. The number of amides is 1. The number of nitrogens with one attached hydrogen (secondary N) is 1. The predicted molar refractivity (Wildman–Crippen MR) is 133 cm³/mol. The van der Waals surface area contributed by atoms with E-state index < -0.39 is 16.8 Å². The van der Waals surface area contributed by atoms with Gasteiger partial charge >= 0.3 is 5.97 Å². The molecular formula is C24H26N4O6S. The largest absolute Gasteiger partial charge is 0.462 e. The maximum Gasteiger partial charge on any atom is 0.350 e. The second kappa shape index (κ2) is 12.0. The van der Waals surface area contributed by atoms with Crippen molar-refractivity contribution >= 4 is 39.7 Å². The molecule has 3 aromatic rings. The fourth-order valence-corrected chi connectivity index (χ4v) is 4.24. The summed E-state index contributed by atoms with van der Waals surface area (Å²) in [5.41, 5.74) is 1.45. The minimum absolute atomic E-state index is 0.121. The number of hydrogen-bond donors (Lipinski definition) is 1. The van der Waals surface area contributed by atoms with Crippen molar-refractivity contribution in [3.05, 3.63) is 80.3 Å². The van der Waals surface area contributed by atoms with E-state index in [0.29, 0.717) is 28.9 Å². The van der Waals surface area contributed by atoms with E-state index in [0.717, 1.165) is 16.9 Å². The van der Waals surface area contributed by atoms with Crippen molar-refractivity contribution in [3.63, 3.8) is 0 Å². The predicted octanol–water partition coefficient (Wildman–Crippen LogP) is 4.44. The van der Waals surface area contributed by atoms with E-state index in [9.17, 15) is 19.7 Å². The zero-order chi connectivity index (χ0) is 25.4. The Morgan fingerprint density at radius 1 is 1.20 bits per heavy atom. The van der Waals surface area contributed by atoms with Gasteiger partial charge in [0.15, 0.2) is 5.13 Å². The second-order valence-corrected chi connectivity index (χ2v) is 8.39. The third-order valence-electron chi connectivity index (χ3n) is 4.97. The summed E-state index contributed by atoms with van der Waals surface area (Å²) in [5.74, 6) is -0.993. The lowest BCUT2D eigenvalue weighted by molar-refractivity contribution is -0.384. The Balaban J connectivity index is 2.00. The first-order chi connectivity index (χ1) is 16.8. The third kappa shape index (κ3) is 6.40. The molecule has 1 aromatic heterocycles. The molecule has 1 heterocycles. The SMILES string of the molecule is CCOC(=O)c1sc(N(Cc2ccccc2)C(=O)c2ccc(NCCOC)c([N+](=O)[O-])c2)nc1C. The van der Waals surface area contributed by atoms with E-state index in [4.69, 9.17) is 9.47 Å². The molecule has 11 heteroatoms. The number of aryl methyl sites for hydroxylation is 1. The number of nitrogens with zero attached hydrogens (tertiary/aromatic N) is 3. The molecule has 0 spiro atoms. The van der Waals surface area contributed by atoms with Crippen molar-refractivity contribution in [2.75, 3.05) is 37.1 Å². The molecule has 0 fully saturated rings. The van der Waals surface area contributed by atoms with Gasteiger partial charge in [0.25, 0.3) is 11.6 Å². The first kappa shape index (κ1) is 25.8. The van der Waals surface area contributed by atoms with Crippen molar-refractivity contribution in [2.24, 2.45) is 0 Å². The fourth-order valence-electron chi connectivity index (χ4n) is 3.28. The van der Waals surface area contributed by atoms with E-state index in [1.165, 1.54) is 30.2 Å². The molecular weight excluding hydrogens is 472 g/mol. The summed E-state index contributed by atoms with van der Waals surface area (Å²) in [6, 6.07) is 13.5. The van der Waals surface area contributed by atoms with Gasteiger partial charge in [-0.15, -0.1) is 0 Å². The number of thiazole rings is 1. The number of benzene rings is 2. The Labute approximate surface area is 206 Å². The smallest absolute Gasteiger partial charge is 0.350 e. The molecule has 0 saturated heterocycles. The second-order valence-electron chi connectivity index (χ2n) is 7.42. The molecule has 1 N–H and O–H groups in total. The highest BCUT2D eigenvalue weighted by molar-refractivity contribution is 7.17. The number of carbonyl (C=O) groups is 2. The van der Waals surface area contributed by atoms with Gasteiger partial charge in [0.2, 0.25) is 0 Å². The van der Waals surface area contributed by atoms with E-state index in [1.807, 2.05) is 30.3 Å². The summed E-state index contributed by atoms with van der Waals surface area (Å²) in [5, 5.41) is 14.9. The molecule has 0 saturated carbocycles. The lowest BCUT2D eigenvalue weighted by Crippen LogP contribution is -2.30. The van der Waals surface area contributed by atoms with Crippen LogP contribution in [0, 0.1) is 17.0 Å². The molecule has 0 aliphatic rings. The Bertz CT molecular complexity index is 1200. The zero-order valence-electron chi connectivity index (χ0n) is 19.6. The van der Waals surface area contributed by atoms with E-state index in [1.54, 1.807) is 13.8 Å². The molecule has 184 valence electrons. The number of rotatable bonds is 11. The molecule has 2 aromatic carbocycles. The fraction of sp³-hybridized carbons (Fsp3) is 0.292. The van der Waals surface area contributed by atoms with Crippen LogP contribution in [0.5, 0.6) is 0 Å². The lowest BCUT2D eigenvalue weighted by Gasteiger charge is -2.20. The molecule has 0 aliphatic carbocycles. The molecule has 35 heavy (non-hydrogen) atoms. The van der Waals surface area contributed by atoms with Crippen LogP contribution in [0.3, 0.4) is 0 Å². The highest BCUT2D eigenvalue weighted by atomic mass is 32.1. The van der Waals surface area contributed by atoms with Gasteiger partial charge < -0.3 is 14.8 Å². The number of nitro groups is 1. The van der Waals surface area contributed by atoms with Gasteiger partial charge in [0.1, 0.15) is 10.6 Å². The van der Waals surface area contributed by atoms with Crippen molar-refractivity contribution in [1.82, 2.24) is 4.98 Å². The zero-order valence-corrected chi connectivity index (χ0v) is 20.5. The minimum Gasteiger partial charge on any atom is -0.462 e. The standard InChI is InChI=1S/C24H26N4O6S/c1-4-34-23(30)21-16(2)26-24(35-21)27(15-17-8-6-5-7-9-17)22(29)18-10-11-19(25-12-13-33-3)20(14-18)28(31)32/h5-11,14,25H,4,12-13,15H2,1-3H3. The molecule has 0 aliphatic heterocycles. The molecule has 1 amide bonds. The summed E-state index contributed by atoms with van der Waals surface area (Å²) in [6.07, 6.45) is 0. The molecule has 0 bridgehead atoms. The highest BCUT2D eigenvalue weighted by Gasteiger charge is 2.27. The minimum atomic E-state index is -0.542. The highest BCUT2D eigenvalue weighted by Crippen LogP contribution is 2.31. The average Bonchev–Trinajstić information content (AvgIpc) is 3.24. The van der Waals surface area contributed by atoms with Crippen molar-refractivity contribution in [2.45, 2.75) is 20.4 Å². The van der Waals surface area contributed by atoms with Gasteiger partial charge in [-0.2, -0.15) is 0 Å². The number of nitro benzene ring substituents is 1. The first-order valence-electron chi connectivity index (χ1n) is 10.9. The number of hydrogen-bond acceptors (Lipinski definition) is 9. The van der Waals surface area contributed by atoms with Crippen LogP contribution in [0.2, 0.25) is 0 Å². The number of esters is 1. The summed E-state index contributed by atoms with van der Waals surface area (Å²) in [7, 11) is 1.53. The number of methoxy groups -OCH3 is 1. The van der Waals surface area contributed by atoms with Crippen molar-refractivity contribution in [1.29, 1.82) is 0 Å². The van der Waals surface area contributed by atoms with Crippen LogP contribution in [0.15, 0.2) is 48.5 Å². The summed E-state index contributed by atoms with van der Waals surface area (Å²) >= 11 is 1.04. The molecule has 0 unspecified atom stereocenters. The molecule has 0 radical (unpaired) electrons. The Hall–Kier alpha value is -3.83. The number of carbonyl (C=O) groups excluding carboxylic acids is 2. The summed E-state index contributed by atoms with van der Waals surface area (Å²) in [4.78, 5) is 43.3. The van der Waals surface area contributed by atoms with Crippen LogP contribution in [0.25, 0.3) is 0 Å². The Morgan fingerprint density at radius 3 is 2.60 bits per heavy atom. The van der Waals surface area contributed by atoms with Crippen LogP contribution >= 0.6 is 11.3 Å². The maximum atomic E-state index is 13.6. The number of ether oxygens (including phenoxy) is 2. The Kier molecular flexibility index (Phi) is 8.87. The molecule has 10 nitrogen and oxygen atoms in total. The third-order valence-corrected chi connectivity index (χ3v) is 6.13. The molecule has 3 rings (SSSR count). The van der Waals surface area contributed by atoms with Gasteiger partial charge in [-0.05, 0) is 31.5 Å². The summed E-state index contributed by atoms with van der Waals surface area (Å²) in [6.45, 7) is 4.50. The monoisotopic (exact) mass is 498 g/mol. The van der Waals surface area contributed by atoms with E-state index in [2.05, 4.69) is 10.3 Å². The van der Waals surface area contributed by atoms with Crippen LogP contribution in [-0.2, 0) is 16.0 Å². The number of anilines is 2. The maximum absolute atomic E-state index is 13.6.